The van der Waals surface area contributed by atoms with Crippen LogP contribution in [0.3, 0.4) is 0 Å². The molecule has 2 N–H and O–H groups in total. The van der Waals surface area contributed by atoms with Crippen LogP contribution in [0.5, 0.6) is 0 Å². The van der Waals surface area contributed by atoms with E-state index in [1.807, 2.05) is 0 Å². The molecule has 25 heavy (non-hydrogen) atoms. The van der Waals surface area contributed by atoms with Crippen molar-refractivity contribution in [1.82, 2.24) is 14.6 Å². The van der Waals surface area contributed by atoms with Crippen molar-refractivity contribution in [2.75, 3.05) is 7.05 Å². The van der Waals surface area contributed by atoms with Gasteiger partial charge in [0.25, 0.3) is 5.91 Å². The Kier molecular flexibility index (Phi) is 5.23. The number of amides is 1. The van der Waals surface area contributed by atoms with Crippen LogP contribution < -0.4 is 10.0 Å². The van der Waals surface area contributed by atoms with Gasteiger partial charge in [-0.1, -0.05) is 12.1 Å². The molecular weight excluding hydrogens is 359 g/mol. The number of benzene rings is 1. The summed E-state index contributed by atoms with van der Waals surface area (Å²) in [5, 5.41) is 2.54. The average molecular weight is 375 g/mol. The van der Waals surface area contributed by atoms with Crippen molar-refractivity contribution in [3.05, 3.63) is 53.3 Å². The second-order valence-electron chi connectivity index (χ2n) is 5.26. The summed E-state index contributed by atoms with van der Waals surface area (Å²) in [4.78, 5) is 12.1. The highest BCUT2D eigenvalue weighted by molar-refractivity contribution is 7.89. The van der Waals surface area contributed by atoms with Gasteiger partial charge in [-0.15, -0.1) is 0 Å². The SMILES string of the molecule is CNS(=O)(=O)c1cc(C(=O)NCc2ccc(C(F)(F)F)cc2)n(C)c1. The van der Waals surface area contributed by atoms with E-state index in [0.717, 1.165) is 12.1 Å². The van der Waals surface area contributed by atoms with Crippen LogP contribution in [0.25, 0.3) is 0 Å². The van der Waals surface area contributed by atoms with Gasteiger partial charge in [0.05, 0.1) is 5.56 Å². The third-order valence-corrected chi connectivity index (χ3v) is 4.91. The van der Waals surface area contributed by atoms with E-state index in [1.54, 1.807) is 0 Å². The lowest BCUT2D eigenvalue weighted by Crippen LogP contribution is -2.24. The molecule has 6 nitrogen and oxygen atoms in total. The van der Waals surface area contributed by atoms with Crippen molar-refractivity contribution in [3.8, 4) is 0 Å². The Hall–Kier alpha value is -2.33. The molecule has 136 valence electrons. The van der Waals surface area contributed by atoms with Gasteiger partial charge in [0, 0.05) is 19.8 Å². The molecule has 0 atom stereocenters. The first kappa shape index (κ1) is 19.0. The Morgan fingerprint density at radius 1 is 1.20 bits per heavy atom. The van der Waals surface area contributed by atoms with Gasteiger partial charge in [-0.2, -0.15) is 13.2 Å². The summed E-state index contributed by atoms with van der Waals surface area (Å²) in [7, 11) is -0.904. The number of rotatable bonds is 5. The second kappa shape index (κ2) is 6.89. The number of halogens is 3. The monoisotopic (exact) mass is 375 g/mol. The minimum Gasteiger partial charge on any atom is -0.347 e. The number of carbonyl (C=O) groups excluding carboxylic acids is 1. The molecule has 0 fully saturated rings. The van der Waals surface area contributed by atoms with Crippen molar-refractivity contribution < 1.29 is 26.4 Å². The van der Waals surface area contributed by atoms with Gasteiger partial charge >= 0.3 is 6.18 Å². The predicted octanol–water partition coefficient (Wildman–Crippen LogP) is 1.88. The first-order valence-electron chi connectivity index (χ1n) is 7.09. The molecule has 0 bridgehead atoms. The molecule has 1 heterocycles. The molecule has 0 radical (unpaired) electrons. The quantitative estimate of drug-likeness (QED) is 0.838. The molecule has 10 heteroatoms. The Morgan fingerprint density at radius 3 is 2.32 bits per heavy atom. The second-order valence-corrected chi connectivity index (χ2v) is 7.14. The van der Waals surface area contributed by atoms with Gasteiger partial charge in [0.2, 0.25) is 10.0 Å². The van der Waals surface area contributed by atoms with E-state index >= 15 is 0 Å². The maximum Gasteiger partial charge on any atom is 0.416 e. The van der Waals surface area contributed by atoms with Gasteiger partial charge in [-0.05, 0) is 30.8 Å². The van der Waals surface area contributed by atoms with Crippen LogP contribution in [0.2, 0.25) is 0 Å². The smallest absolute Gasteiger partial charge is 0.347 e. The van der Waals surface area contributed by atoms with Gasteiger partial charge in [0.1, 0.15) is 10.6 Å². The van der Waals surface area contributed by atoms with Gasteiger partial charge in [-0.25, -0.2) is 13.1 Å². The van der Waals surface area contributed by atoms with Crippen molar-refractivity contribution >= 4 is 15.9 Å². The number of nitrogens with one attached hydrogen (secondary N) is 2. The van der Waals surface area contributed by atoms with Crippen molar-refractivity contribution in [2.45, 2.75) is 17.6 Å². The zero-order chi connectivity index (χ0) is 18.8. The molecule has 1 aromatic carbocycles. The lowest BCUT2D eigenvalue weighted by Gasteiger charge is -2.09. The summed E-state index contributed by atoms with van der Waals surface area (Å²) < 4.78 is 64.5. The molecule has 0 unspecified atom stereocenters. The fourth-order valence-corrected chi connectivity index (χ4v) is 2.91. The highest BCUT2D eigenvalue weighted by Gasteiger charge is 2.29. The fraction of sp³-hybridized carbons (Fsp3) is 0.267. The van der Waals surface area contributed by atoms with E-state index in [1.165, 1.54) is 43.1 Å². The number of aryl methyl sites for hydroxylation is 1. The van der Waals surface area contributed by atoms with Crippen LogP contribution in [0.15, 0.2) is 41.4 Å². The Labute approximate surface area is 142 Å². The molecule has 0 aliphatic heterocycles. The molecule has 2 aromatic rings. The van der Waals surface area contributed by atoms with Crippen LogP contribution in [-0.4, -0.2) is 25.9 Å². The molecule has 1 amide bonds. The Bertz CT molecular complexity index is 872. The first-order valence-corrected chi connectivity index (χ1v) is 8.57. The zero-order valence-electron chi connectivity index (χ0n) is 13.4. The molecule has 0 spiro atoms. The maximum absolute atomic E-state index is 12.5. The number of sulfonamides is 1. The number of carbonyl (C=O) groups is 1. The summed E-state index contributed by atoms with van der Waals surface area (Å²) in [6.07, 6.45) is -3.13. The standard InChI is InChI=1S/C15H16F3N3O3S/c1-19-25(23,24)12-7-13(21(2)9-12)14(22)20-8-10-3-5-11(6-4-10)15(16,17)18/h3-7,9,19H,8H2,1-2H3,(H,20,22). The summed E-state index contributed by atoms with van der Waals surface area (Å²) in [6.45, 7) is 0.0102. The highest BCUT2D eigenvalue weighted by Crippen LogP contribution is 2.29. The number of nitrogens with zero attached hydrogens (tertiary/aromatic N) is 1. The van der Waals surface area contributed by atoms with Crippen molar-refractivity contribution in [2.24, 2.45) is 7.05 Å². The van der Waals surface area contributed by atoms with Crippen LogP contribution >= 0.6 is 0 Å². The average Bonchev–Trinajstić information content (AvgIpc) is 2.95. The lowest BCUT2D eigenvalue weighted by atomic mass is 10.1. The number of alkyl halides is 3. The van der Waals surface area contributed by atoms with E-state index in [4.69, 9.17) is 0 Å². The third-order valence-electron chi connectivity index (χ3n) is 3.53. The predicted molar refractivity (Wildman–Crippen MR) is 84.3 cm³/mol. The normalized spacial score (nSPS) is 12.2. The molecule has 2 rings (SSSR count). The first-order chi connectivity index (χ1) is 11.5. The van der Waals surface area contributed by atoms with E-state index in [2.05, 4.69) is 10.0 Å². The fourth-order valence-electron chi connectivity index (χ4n) is 2.11. The minimum atomic E-state index is -4.42. The maximum atomic E-state index is 12.5. The molecule has 0 aliphatic carbocycles. The Balaban J connectivity index is 2.08. The summed E-state index contributed by atoms with van der Waals surface area (Å²) in [5.74, 6) is -0.542. The summed E-state index contributed by atoms with van der Waals surface area (Å²) in [6, 6.07) is 5.62. The lowest BCUT2D eigenvalue weighted by molar-refractivity contribution is -0.137. The highest BCUT2D eigenvalue weighted by atomic mass is 32.2. The molecule has 0 aliphatic rings. The largest absolute Gasteiger partial charge is 0.416 e. The zero-order valence-corrected chi connectivity index (χ0v) is 14.2. The van der Waals surface area contributed by atoms with E-state index < -0.39 is 27.7 Å². The Morgan fingerprint density at radius 2 is 1.80 bits per heavy atom. The van der Waals surface area contributed by atoms with Crippen molar-refractivity contribution in [3.63, 3.8) is 0 Å². The number of hydrogen-bond acceptors (Lipinski definition) is 3. The molecular formula is C15H16F3N3O3S. The third kappa shape index (κ3) is 4.40. The van der Waals surface area contributed by atoms with Gasteiger partial charge in [-0.3, -0.25) is 4.79 Å². The molecule has 0 saturated heterocycles. The van der Waals surface area contributed by atoms with Crippen LogP contribution in [0.1, 0.15) is 21.6 Å². The summed E-state index contributed by atoms with van der Waals surface area (Å²) in [5.41, 5.74) is -0.175. The van der Waals surface area contributed by atoms with Crippen LogP contribution in [0.4, 0.5) is 13.2 Å². The number of hydrogen-bond donors (Lipinski definition) is 2. The van der Waals surface area contributed by atoms with Crippen molar-refractivity contribution in [1.29, 1.82) is 0 Å². The van der Waals surface area contributed by atoms with E-state index in [-0.39, 0.29) is 17.1 Å². The van der Waals surface area contributed by atoms with Crippen LogP contribution in [0, 0.1) is 0 Å². The summed E-state index contributed by atoms with van der Waals surface area (Å²) >= 11 is 0. The van der Waals surface area contributed by atoms with E-state index in [9.17, 15) is 26.4 Å². The van der Waals surface area contributed by atoms with E-state index in [0.29, 0.717) is 5.56 Å². The molecule has 1 aromatic heterocycles. The molecule has 0 saturated carbocycles. The minimum absolute atomic E-state index is 0.0102. The van der Waals surface area contributed by atoms with Crippen LogP contribution in [-0.2, 0) is 29.8 Å². The van der Waals surface area contributed by atoms with Gasteiger partial charge < -0.3 is 9.88 Å². The topological polar surface area (TPSA) is 80.2 Å². The number of aromatic nitrogens is 1. The van der Waals surface area contributed by atoms with Gasteiger partial charge in [0.15, 0.2) is 0 Å².